The summed E-state index contributed by atoms with van der Waals surface area (Å²) in [5.74, 6) is -1.17. The molecule has 2 N–H and O–H groups in total. The zero-order chi connectivity index (χ0) is 12.8. The van der Waals surface area contributed by atoms with Crippen LogP contribution in [0.5, 0.6) is 0 Å². The Hall–Kier alpha value is -0.720. The van der Waals surface area contributed by atoms with Crippen molar-refractivity contribution in [1.29, 1.82) is 0 Å². The molecule has 0 heterocycles. The standard InChI is InChI=1S/C10H9BrClNO3S/c11-7-3-6(12)1-2-8(7)13-9(14)4-17-5-10(15)16/h1-3H,4-5H2,(H,13,14)(H,15,16). The number of thioether (sulfide) groups is 1. The normalized spacial score (nSPS) is 10.0. The Morgan fingerprint density at radius 3 is 2.71 bits per heavy atom. The van der Waals surface area contributed by atoms with Crippen molar-refractivity contribution in [1.82, 2.24) is 0 Å². The number of halogens is 2. The third-order valence-corrected chi connectivity index (χ3v) is 3.47. The number of hydrogen-bond acceptors (Lipinski definition) is 3. The van der Waals surface area contributed by atoms with Crippen LogP contribution in [0.1, 0.15) is 0 Å². The summed E-state index contributed by atoms with van der Waals surface area (Å²) < 4.78 is 0.682. The predicted octanol–water partition coefficient (Wildman–Crippen LogP) is 2.86. The lowest BCUT2D eigenvalue weighted by Gasteiger charge is -2.07. The van der Waals surface area contributed by atoms with E-state index in [1.54, 1.807) is 18.2 Å². The van der Waals surface area contributed by atoms with Gasteiger partial charge in [-0.15, -0.1) is 11.8 Å². The number of amides is 1. The lowest BCUT2D eigenvalue weighted by Crippen LogP contribution is -2.15. The first kappa shape index (κ1) is 14.3. The van der Waals surface area contributed by atoms with Gasteiger partial charge in [-0.2, -0.15) is 0 Å². The minimum atomic E-state index is -0.935. The van der Waals surface area contributed by atoms with Crippen molar-refractivity contribution in [2.75, 3.05) is 16.8 Å². The van der Waals surface area contributed by atoms with Gasteiger partial charge < -0.3 is 10.4 Å². The molecule has 0 aliphatic heterocycles. The van der Waals surface area contributed by atoms with E-state index in [0.29, 0.717) is 15.2 Å². The van der Waals surface area contributed by atoms with E-state index < -0.39 is 5.97 Å². The minimum Gasteiger partial charge on any atom is -0.481 e. The van der Waals surface area contributed by atoms with Gasteiger partial charge in [-0.25, -0.2) is 0 Å². The molecule has 0 atom stereocenters. The third-order valence-electron chi connectivity index (χ3n) is 1.66. The molecule has 0 aromatic heterocycles. The van der Waals surface area contributed by atoms with Gasteiger partial charge >= 0.3 is 5.97 Å². The maximum atomic E-state index is 11.5. The minimum absolute atomic E-state index is 0.0881. The highest BCUT2D eigenvalue weighted by molar-refractivity contribution is 9.10. The van der Waals surface area contributed by atoms with Crippen molar-refractivity contribution in [3.8, 4) is 0 Å². The molecule has 0 fully saturated rings. The highest BCUT2D eigenvalue weighted by Crippen LogP contribution is 2.25. The van der Waals surface area contributed by atoms with Crippen LogP contribution in [0.15, 0.2) is 22.7 Å². The first-order chi connectivity index (χ1) is 7.99. The monoisotopic (exact) mass is 337 g/mol. The molecule has 4 nitrogen and oxygen atoms in total. The van der Waals surface area contributed by atoms with Gasteiger partial charge in [0.25, 0.3) is 0 Å². The number of carbonyl (C=O) groups is 2. The van der Waals surface area contributed by atoms with E-state index in [0.717, 1.165) is 11.8 Å². The summed E-state index contributed by atoms with van der Waals surface area (Å²) in [6, 6.07) is 5.00. The Bertz CT molecular complexity index is 442. The largest absolute Gasteiger partial charge is 0.481 e. The highest BCUT2D eigenvalue weighted by atomic mass is 79.9. The van der Waals surface area contributed by atoms with Gasteiger partial charge in [-0.05, 0) is 34.1 Å². The van der Waals surface area contributed by atoms with E-state index in [4.69, 9.17) is 16.7 Å². The van der Waals surface area contributed by atoms with E-state index >= 15 is 0 Å². The maximum Gasteiger partial charge on any atom is 0.313 e. The quantitative estimate of drug-likeness (QED) is 0.866. The highest BCUT2D eigenvalue weighted by Gasteiger charge is 2.07. The lowest BCUT2D eigenvalue weighted by molar-refractivity contribution is -0.133. The Morgan fingerprint density at radius 2 is 2.12 bits per heavy atom. The summed E-state index contributed by atoms with van der Waals surface area (Å²) in [6.07, 6.45) is 0. The second-order valence-electron chi connectivity index (χ2n) is 3.06. The topological polar surface area (TPSA) is 66.4 Å². The number of carboxylic acids is 1. The molecule has 0 aliphatic rings. The first-order valence-electron chi connectivity index (χ1n) is 4.53. The molecule has 0 saturated carbocycles. The van der Waals surface area contributed by atoms with Crippen LogP contribution in [0.3, 0.4) is 0 Å². The van der Waals surface area contributed by atoms with Crippen molar-refractivity contribution >= 4 is 56.9 Å². The third kappa shape index (κ3) is 5.43. The van der Waals surface area contributed by atoms with Crippen LogP contribution in [0.4, 0.5) is 5.69 Å². The number of anilines is 1. The van der Waals surface area contributed by atoms with Gasteiger partial charge in [0.15, 0.2) is 0 Å². The Kier molecular flexibility index (Phi) is 5.80. The van der Waals surface area contributed by atoms with E-state index in [1.807, 2.05) is 0 Å². The number of hydrogen-bond donors (Lipinski definition) is 2. The fraction of sp³-hybridized carbons (Fsp3) is 0.200. The van der Waals surface area contributed by atoms with Crippen LogP contribution in [0.25, 0.3) is 0 Å². The lowest BCUT2D eigenvalue weighted by atomic mass is 10.3. The van der Waals surface area contributed by atoms with Crippen molar-refractivity contribution in [2.45, 2.75) is 0 Å². The molecule has 0 spiro atoms. The molecule has 0 bridgehead atoms. The zero-order valence-corrected chi connectivity index (χ0v) is 11.7. The molecule has 1 aromatic carbocycles. The van der Waals surface area contributed by atoms with Crippen molar-refractivity contribution in [2.24, 2.45) is 0 Å². The van der Waals surface area contributed by atoms with Crippen LogP contribution in [-0.2, 0) is 9.59 Å². The Morgan fingerprint density at radius 1 is 1.41 bits per heavy atom. The van der Waals surface area contributed by atoms with E-state index in [-0.39, 0.29) is 17.4 Å². The molecule has 0 saturated heterocycles. The van der Waals surface area contributed by atoms with Crippen LogP contribution < -0.4 is 5.32 Å². The summed E-state index contributed by atoms with van der Waals surface area (Å²) in [5, 5.41) is 11.6. The molecule has 0 aliphatic carbocycles. The smallest absolute Gasteiger partial charge is 0.313 e. The van der Waals surface area contributed by atoms with E-state index in [1.165, 1.54) is 0 Å². The molecular weight excluding hydrogens is 330 g/mol. The number of nitrogens with one attached hydrogen (secondary N) is 1. The molecule has 1 amide bonds. The number of aliphatic carboxylic acids is 1. The van der Waals surface area contributed by atoms with Crippen LogP contribution in [0.2, 0.25) is 5.02 Å². The first-order valence-corrected chi connectivity index (χ1v) is 6.86. The maximum absolute atomic E-state index is 11.5. The van der Waals surface area contributed by atoms with Crippen molar-refractivity contribution in [3.05, 3.63) is 27.7 Å². The van der Waals surface area contributed by atoms with Crippen LogP contribution in [-0.4, -0.2) is 28.5 Å². The van der Waals surface area contributed by atoms with Crippen molar-refractivity contribution < 1.29 is 14.7 Å². The van der Waals surface area contributed by atoms with Gasteiger partial charge in [0, 0.05) is 9.50 Å². The van der Waals surface area contributed by atoms with Gasteiger partial charge in [0.2, 0.25) is 5.91 Å². The molecule has 7 heteroatoms. The molecule has 1 rings (SSSR count). The number of carbonyl (C=O) groups excluding carboxylic acids is 1. The predicted molar refractivity (Wildman–Crippen MR) is 72.7 cm³/mol. The molecule has 92 valence electrons. The number of carboxylic acid groups (broad SMARTS) is 1. The van der Waals surface area contributed by atoms with Gasteiger partial charge in [0.1, 0.15) is 0 Å². The molecular formula is C10H9BrClNO3S. The SMILES string of the molecule is O=C(O)CSCC(=O)Nc1ccc(Cl)cc1Br. The summed E-state index contributed by atoms with van der Waals surface area (Å²) in [4.78, 5) is 21.7. The average Bonchev–Trinajstić information content (AvgIpc) is 2.21. The summed E-state index contributed by atoms with van der Waals surface area (Å²) >= 11 is 10.1. The van der Waals surface area contributed by atoms with Crippen LogP contribution >= 0.6 is 39.3 Å². The second kappa shape index (κ2) is 6.88. The fourth-order valence-corrected chi connectivity index (χ4v) is 2.32. The molecule has 0 unspecified atom stereocenters. The number of benzene rings is 1. The summed E-state index contributed by atoms with van der Waals surface area (Å²) in [6.45, 7) is 0. The van der Waals surface area contributed by atoms with Gasteiger partial charge in [-0.1, -0.05) is 11.6 Å². The average molecular weight is 339 g/mol. The van der Waals surface area contributed by atoms with E-state index in [2.05, 4.69) is 21.2 Å². The fourth-order valence-electron chi connectivity index (χ4n) is 1.01. The van der Waals surface area contributed by atoms with Gasteiger partial charge in [0.05, 0.1) is 17.2 Å². The Balaban J connectivity index is 2.48. The van der Waals surface area contributed by atoms with Crippen molar-refractivity contribution in [3.63, 3.8) is 0 Å². The molecule has 1 aromatic rings. The summed E-state index contributed by atoms with van der Waals surface area (Å²) in [7, 11) is 0. The van der Waals surface area contributed by atoms with Crippen LogP contribution in [0, 0.1) is 0 Å². The van der Waals surface area contributed by atoms with Gasteiger partial charge in [-0.3, -0.25) is 9.59 Å². The Labute approximate surface area is 116 Å². The molecule has 0 radical (unpaired) electrons. The second-order valence-corrected chi connectivity index (χ2v) is 5.34. The summed E-state index contributed by atoms with van der Waals surface area (Å²) in [5.41, 5.74) is 0.607. The molecule has 17 heavy (non-hydrogen) atoms. The zero-order valence-electron chi connectivity index (χ0n) is 8.57. The van der Waals surface area contributed by atoms with E-state index in [9.17, 15) is 9.59 Å². The number of rotatable bonds is 5.